The van der Waals surface area contributed by atoms with Gasteiger partial charge in [0, 0.05) is 19.8 Å². The molecule has 0 bridgehead atoms. The maximum atomic E-state index is 10.7. The van der Waals surface area contributed by atoms with Gasteiger partial charge < -0.3 is 19.9 Å². The molecule has 0 aliphatic carbocycles. The minimum Gasteiger partial charge on any atom is -0.480 e. The zero-order valence-corrected chi connectivity index (χ0v) is 9.07. The summed E-state index contributed by atoms with van der Waals surface area (Å²) < 4.78 is 10.2. The highest BCUT2D eigenvalue weighted by molar-refractivity contribution is 5.73. The minimum atomic E-state index is -0.752. The summed E-state index contributed by atoms with van der Waals surface area (Å²) in [5.74, 6) is -0.752. The molecule has 15 heavy (non-hydrogen) atoms. The van der Waals surface area contributed by atoms with Crippen LogP contribution in [0.5, 0.6) is 0 Å². The summed E-state index contributed by atoms with van der Waals surface area (Å²) in [6.45, 7) is 1.87. The van der Waals surface area contributed by atoms with E-state index in [0.717, 1.165) is 19.3 Å². The Balaban J connectivity index is 2.01. The smallest absolute Gasteiger partial charge is 0.320 e. The summed E-state index contributed by atoms with van der Waals surface area (Å²) in [4.78, 5) is 10.7. The van der Waals surface area contributed by atoms with Crippen LogP contribution in [0.3, 0.4) is 0 Å². The molecule has 2 unspecified atom stereocenters. The molecule has 1 heterocycles. The Hall–Kier alpha value is -0.650. The number of methoxy groups -OCH3 is 1. The van der Waals surface area contributed by atoms with Crippen LogP contribution in [0.2, 0.25) is 0 Å². The molecule has 5 heteroatoms. The molecular formula is C10H19NO4. The third-order valence-electron chi connectivity index (χ3n) is 2.58. The van der Waals surface area contributed by atoms with E-state index in [9.17, 15) is 4.79 Å². The Bertz CT molecular complexity index is 198. The van der Waals surface area contributed by atoms with Gasteiger partial charge in [-0.3, -0.25) is 4.79 Å². The van der Waals surface area contributed by atoms with Crippen molar-refractivity contribution >= 4 is 5.97 Å². The van der Waals surface area contributed by atoms with Crippen molar-refractivity contribution in [2.75, 3.05) is 26.9 Å². The van der Waals surface area contributed by atoms with E-state index in [2.05, 4.69) is 5.32 Å². The van der Waals surface area contributed by atoms with Crippen LogP contribution in [0.15, 0.2) is 0 Å². The average molecular weight is 217 g/mol. The van der Waals surface area contributed by atoms with Crippen LogP contribution >= 0.6 is 0 Å². The van der Waals surface area contributed by atoms with E-state index in [1.54, 1.807) is 7.11 Å². The molecule has 2 N–H and O–H groups in total. The van der Waals surface area contributed by atoms with Gasteiger partial charge in [-0.1, -0.05) is 0 Å². The predicted molar refractivity (Wildman–Crippen MR) is 54.9 cm³/mol. The lowest BCUT2D eigenvalue weighted by Gasteiger charge is -2.11. The number of aliphatic carboxylic acids is 1. The first kappa shape index (κ1) is 12.4. The van der Waals surface area contributed by atoms with Crippen molar-refractivity contribution in [3.63, 3.8) is 0 Å². The first-order valence-corrected chi connectivity index (χ1v) is 5.29. The number of ether oxygens (including phenoxy) is 2. The van der Waals surface area contributed by atoms with E-state index in [0.29, 0.717) is 19.8 Å². The Kier molecular flexibility index (Phi) is 5.60. The van der Waals surface area contributed by atoms with Gasteiger partial charge in [-0.25, -0.2) is 0 Å². The quantitative estimate of drug-likeness (QED) is 0.598. The lowest BCUT2D eigenvalue weighted by Crippen LogP contribution is -2.35. The second kappa shape index (κ2) is 6.76. The molecule has 0 saturated carbocycles. The third kappa shape index (κ3) is 4.59. The normalized spacial score (nSPS) is 25.7. The molecule has 0 amide bonds. The van der Waals surface area contributed by atoms with Crippen molar-refractivity contribution in [3.05, 3.63) is 0 Å². The zero-order chi connectivity index (χ0) is 11.1. The van der Waals surface area contributed by atoms with Gasteiger partial charge in [0.1, 0.15) is 6.04 Å². The van der Waals surface area contributed by atoms with E-state index in [4.69, 9.17) is 14.6 Å². The number of carboxylic acids is 1. The Morgan fingerprint density at radius 1 is 1.40 bits per heavy atom. The molecular weight excluding hydrogens is 198 g/mol. The number of rotatable bonds is 7. The van der Waals surface area contributed by atoms with Gasteiger partial charge >= 0.3 is 5.97 Å². The first-order chi connectivity index (χ1) is 7.24. The summed E-state index contributed by atoms with van der Waals surface area (Å²) in [5, 5.41) is 11.8. The van der Waals surface area contributed by atoms with Gasteiger partial charge in [0.15, 0.2) is 0 Å². The fourth-order valence-corrected chi connectivity index (χ4v) is 1.71. The minimum absolute atomic E-state index is 0.286. The number of hydrogen-bond donors (Lipinski definition) is 2. The molecule has 1 aliphatic heterocycles. The molecule has 0 aromatic rings. The first-order valence-electron chi connectivity index (χ1n) is 5.29. The van der Waals surface area contributed by atoms with Crippen LogP contribution in [0, 0.1) is 0 Å². The lowest BCUT2D eigenvalue weighted by atomic mass is 10.1. The van der Waals surface area contributed by atoms with Crippen molar-refractivity contribution < 1.29 is 19.4 Å². The molecule has 2 atom stereocenters. The van der Waals surface area contributed by atoms with E-state index < -0.39 is 5.97 Å². The maximum Gasteiger partial charge on any atom is 0.320 e. The van der Waals surface area contributed by atoms with Crippen LogP contribution in [-0.2, 0) is 14.3 Å². The number of nitrogens with one attached hydrogen (secondary N) is 1. The van der Waals surface area contributed by atoms with Crippen LogP contribution in [0.4, 0.5) is 0 Å². The molecule has 1 fully saturated rings. The van der Waals surface area contributed by atoms with E-state index >= 15 is 0 Å². The van der Waals surface area contributed by atoms with E-state index in [1.165, 1.54) is 0 Å². The molecule has 1 aliphatic rings. The summed E-state index contributed by atoms with van der Waals surface area (Å²) in [7, 11) is 1.64. The Morgan fingerprint density at radius 2 is 2.20 bits per heavy atom. The Labute approximate surface area is 89.8 Å². The number of carboxylic acid groups (broad SMARTS) is 1. The average Bonchev–Trinajstić information content (AvgIpc) is 2.66. The van der Waals surface area contributed by atoms with Crippen molar-refractivity contribution in [1.82, 2.24) is 5.32 Å². The second-order valence-corrected chi connectivity index (χ2v) is 3.73. The molecule has 1 rings (SSSR count). The van der Waals surface area contributed by atoms with Crippen LogP contribution in [0.25, 0.3) is 0 Å². The standard InChI is InChI=1S/C10H19NO4/c1-14-6-7-15-5-4-8-2-3-9(11-8)10(12)13/h8-9,11H,2-7H2,1H3,(H,12,13). The van der Waals surface area contributed by atoms with Gasteiger partial charge in [-0.15, -0.1) is 0 Å². The van der Waals surface area contributed by atoms with Gasteiger partial charge in [0.05, 0.1) is 13.2 Å². The van der Waals surface area contributed by atoms with Gasteiger partial charge in [-0.05, 0) is 19.3 Å². The van der Waals surface area contributed by atoms with Crippen molar-refractivity contribution in [2.45, 2.75) is 31.3 Å². The number of hydrogen-bond acceptors (Lipinski definition) is 4. The lowest BCUT2D eigenvalue weighted by molar-refractivity contribution is -0.139. The summed E-state index contributed by atoms with van der Waals surface area (Å²) in [6, 6.07) is -0.0809. The third-order valence-corrected chi connectivity index (χ3v) is 2.58. The summed E-state index contributed by atoms with van der Waals surface area (Å²) >= 11 is 0. The highest BCUT2D eigenvalue weighted by Crippen LogP contribution is 2.15. The molecule has 1 saturated heterocycles. The highest BCUT2D eigenvalue weighted by Gasteiger charge is 2.28. The van der Waals surface area contributed by atoms with Gasteiger partial charge in [0.25, 0.3) is 0 Å². The van der Waals surface area contributed by atoms with Gasteiger partial charge in [-0.2, -0.15) is 0 Å². The SMILES string of the molecule is COCCOCCC1CCC(C(=O)O)N1. The van der Waals surface area contributed by atoms with Gasteiger partial charge in [0.2, 0.25) is 0 Å². The van der Waals surface area contributed by atoms with Crippen molar-refractivity contribution in [3.8, 4) is 0 Å². The molecule has 0 spiro atoms. The van der Waals surface area contributed by atoms with Crippen LogP contribution in [0.1, 0.15) is 19.3 Å². The predicted octanol–water partition coefficient (Wildman–Crippen LogP) is 0.245. The maximum absolute atomic E-state index is 10.7. The molecule has 0 aromatic heterocycles. The highest BCUT2D eigenvalue weighted by atomic mass is 16.5. The molecule has 0 radical (unpaired) electrons. The summed E-state index contributed by atoms with van der Waals surface area (Å²) in [6.07, 6.45) is 2.51. The fraction of sp³-hybridized carbons (Fsp3) is 0.900. The van der Waals surface area contributed by atoms with Crippen LogP contribution in [-0.4, -0.2) is 50.1 Å². The van der Waals surface area contributed by atoms with E-state index in [-0.39, 0.29) is 12.1 Å². The molecule has 0 aromatic carbocycles. The topological polar surface area (TPSA) is 67.8 Å². The van der Waals surface area contributed by atoms with E-state index in [1.807, 2.05) is 0 Å². The summed E-state index contributed by atoms with van der Waals surface area (Å²) in [5.41, 5.74) is 0. The molecule has 88 valence electrons. The zero-order valence-electron chi connectivity index (χ0n) is 9.07. The molecule has 5 nitrogen and oxygen atoms in total. The number of carbonyl (C=O) groups is 1. The van der Waals surface area contributed by atoms with Crippen LogP contribution < -0.4 is 5.32 Å². The monoisotopic (exact) mass is 217 g/mol. The van der Waals surface area contributed by atoms with Crippen molar-refractivity contribution in [2.24, 2.45) is 0 Å². The second-order valence-electron chi connectivity index (χ2n) is 3.73. The largest absolute Gasteiger partial charge is 0.480 e. The fourth-order valence-electron chi connectivity index (χ4n) is 1.71. The van der Waals surface area contributed by atoms with Crippen molar-refractivity contribution in [1.29, 1.82) is 0 Å². The Morgan fingerprint density at radius 3 is 2.80 bits per heavy atom.